The van der Waals surface area contributed by atoms with Crippen molar-refractivity contribution in [3.8, 4) is 5.75 Å². The topological polar surface area (TPSA) is 44.8 Å². The number of ether oxygens (including phenoxy) is 3. The molecule has 1 unspecified atom stereocenters. The molecular formula is C21H24Cl2O4. The molecule has 146 valence electrons. The number of hydrogen-bond acceptors (Lipinski definition) is 4. The summed E-state index contributed by atoms with van der Waals surface area (Å²) in [6.07, 6.45) is -0.151. The third kappa shape index (κ3) is 6.42. The molecule has 0 bridgehead atoms. The van der Waals surface area contributed by atoms with Gasteiger partial charge in [-0.15, -0.1) is 0 Å². The van der Waals surface area contributed by atoms with Crippen LogP contribution in [0.5, 0.6) is 5.75 Å². The minimum Gasteiger partial charge on any atom is -0.489 e. The standard InChI is InChI=1S/C21H24Cl2O4/c1-4-25-20(12-21(24)26-5-2)16-7-9-19(14(3)10-16)27-13-15-6-8-17(22)18(23)11-15/h6-11,20H,4-5,12-13H2,1-3H3. The lowest BCUT2D eigenvalue weighted by molar-refractivity contribution is -0.146. The molecule has 0 amide bonds. The fourth-order valence-electron chi connectivity index (χ4n) is 2.67. The minimum atomic E-state index is -0.336. The second-order valence-corrected chi connectivity index (χ2v) is 6.83. The van der Waals surface area contributed by atoms with Gasteiger partial charge in [-0.05, 0) is 61.7 Å². The van der Waals surface area contributed by atoms with Gasteiger partial charge in [-0.2, -0.15) is 0 Å². The van der Waals surface area contributed by atoms with E-state index in [0.717, 1.165) is 22.4 Å². The number of halogens is 2. The molecule has 0 saturated carbocycles. The summed E-state index contributed by atoms with van der Waals surface area (Å²) in [6.45, 7) is 6.91. The fraction of sp³-hybridized carbons (Fsp3) is 0.381. The van der Waals surface area contributed by atoms with Crippen molar-refractivity contribution in [2.45, 2.75) is 39.9 Å². The Labute approximate surface area is 170 Å². The molecule has 4 nitrogen and oxygen atoms in total. The van der Waals surface area contributed by atoms with E-state index in [1.807, 2.05) is 38.1 Å². The van der Waals surface area contributed by atoms with Gasteiger partial charge in [-0.3, -0.25) is 4.79 Å². The van der Waals surface area contributed by atoms with Crippen molar-refractivity contribution in [2.75, 3.05) is 13.2 Å². The van der Waals surface area contributed by atoms with E-state index in [1.54, 1.807) is 19.1 Å². The van der Waals surface area contributed by atoms with Gasteiger partial charge in [0.2, 0.25) is 0 Å². The van der Waals surface area contributed by atoms with Gasteiger partial charge in [0.15, 0.2) is 0 Å². The summed E-state index contributed by atoms with van der Waals surface area (Å²) in [5.74, 6) is 0.491. The maximum atomic E-state index is 11.8. The number of rotatable bonds is 9. The first-order valence-corrected chi connectivity index (χ1v) is 9.64. The molecule has 0 radical (unpaired) electrons. The van der Waals surface area contributed by atoms with Gasteiger partial charge in [0.1, 0.15) is 12.4 Å². The maximum Gasteiger partial charge on any atom is 0.308 e. The van der Waals surface area contributed by atoms with Crippen molar-refractivity contribution in [3.05, 3.63) is 63.1 Å². The zero-order valence-corrected chi connectivity index (χ0v) is 17.3. The van der Waals surface area contributed by atoms with Crippen LogP contribution in [0.15, 0.2) is 36.4 Å². The highest BCUT2D eigenvalue weighted by atomic mass is 35.5. The molecule has 0 spiro atoms. The van der Waals surface area contributed by atoms with Crippen LogP contribution in [0.2, 0.25) is 10.0 Å². The second-order valence-electron chi connectivity index (χ2n) is 6.02. The van der Waals surface area contributed by atoms with Crippen LogP contribution in [0.1, 0.15) is 43.1 Å². The van der Waals surface area contributed by atoms with Gasteiger partial charge in [-0.25, -0.2) is 0 Å². The highest BCUT2D eigenvalue weighted by Crippen LogP contribution is 2.28. The SMILES string of the molecule is CCOC(=O)CC(OCC)c1ccc(OCc2ccc(Cl)c(Cl)c2)c(C)c1. The molecule has 0 aliphatic rings. The molecule has 0 aliphatic heterocycles. The van der Waals surface area contributed by atoms with Gasteiger partial charge in [0, 0.05) is 6.61 Å². The summed E-state index contributed by atoms with van der Waals surface area (Å²) in [6, 6.07) is 11.2. The zero-order chi connectivity index (χ0) is 19.8. The Balaban J connectivity index is 2.08. The van der Waals surface area contributed by atoms with E-state index in [1.165, 1.54) is 0 Å². The Hall–Kier alpha value is -1.75. The van der Waals surface area contributed by atoms with Crippen LogP contribution >= 0.6 is 23.2 Å². The number of esters is 1. The van der Waals surface area contributed by atoms with E-state index >= 15 is 0 Å². The maximum absolute atomic E-state index is 11.8. The van der Waals surface area contributed by atoms with E-state index in [9.17, 15) is 4.79 Å². The summed E-state index contributed by atoms with van der Waals surface area (Å²) in [5, 5.41) is 1.02. The van der Waals surface area contributed by atoms with Crippen molar-refractivity contribution < 1.29 is 19.0 Å². The molecule has 0 aliphatic carbocycles. The molecule has 0 fully saturated rings. The summed E-state index contributed by atoms with van der Waals surface area (Å²) in [4.78, 5) is 11.8. The van der Waals surface area contributed by atoms with Gasteiger partial charge in [0.25, 0.3) is 0 Å². The lowest BCUT2D eigenvalue weighted by Crippen LogP contribution is -2.13. The third-order valence-corrected chi connectivity index (χ3v) is 4.71. The second kappa shape index (κ2) is 10.5. The molecule has 2 aromatic rings. The summed E-state index contributed by atoms with van der Waals surface area (Å²) in [7, 11) is 0. The Morgan fingerprint density at radius 2 is 1.81 bits per heavy atom. The zero-order valence-electron chi connectivity index (χ0n) is 15.8. The molecular weight excluding hydrogens is 387 g/mol. The predicted molar refractivity (Wildman–Crippen MR) is 108 cm³/mol. The van der Waals surface area contributed by atoms with Crippen molar-refractivity contribution in [1.29, 1.82) is 0 Å². The molecule has 2 rings (SSSR count). The first-order valence-electron chi connectivity index (χ1n) is 8.89. The van der Waals surface area contributed by atoms with E-state index in [4.69, 9.17) is 37.4 Å². The van der Waals surface area contributed by atoms with Crippen LogP contribution in [-0.2, 0) is 20.9 Å². The fourth-order valence-corrected chi connectivity index (χ4v) is 2.99. The summed E-state index contributed by atoms with van der Waals surface area (Å²) in [5.41, 5.74) is 2.81. The van der Waals surface area contributed by atoms with E-state index in [2.05, 4.69) is 0 Å². The van der Waals surface area contributed by atoms with Crippen molar-refractivity contribution in [1.82, 2.24) is 0 Å². The van der Waals surface area contributed by atoms with E-state index in [0.29, 0.717) is 29.9 Å². The number of hydrogen-bond donors (Lipinski definition) is 0. The van der Waals surface area contributed by atoms with Crippen molar-refractivity contribution >= 4 is 29.2 Å². The molecule has 27 heavy (non-hydrogen) atoms. The van der Waals surface area contributed by atoms with Gasteiger partial charge in [-0.1, -0.05) is 35.3 Å². The molecule has 2 aromatic carbocycles. The molecule has 0 N–H and O–H groups in total. The number of aryl methyl sites for hydroxylation is 1. The van der Waals surface area contributed by atoms with Crippen LogP contribution in [0.25, 0.3) is 0 Å². The highest BCUT2D eigenvalue weighted by molar-refractivity contribution is 6.42. The number of benzene rings is 2. The largest absolute Gasteiger partial charge is 0.489 e. The van der Waals surface area contributed by atoms with Crippen LogP contribution < -0.4 is 4.74 Å². The van der Waals surface area contributed by atoms with Gasteiger partial charge < -0.3 is 14.2 Å². The Bertz CT molecular complexity index is 777. The molecule has 0 saturated heterocycles. The quantitative estimate of drug-likeness (QED) is 0.481. The minimum absolute atomic E-state index is 0.185. The van der Waals surface area contributed by atoms with E-state index < -0.39 is 0 Å². The Morgan fingerprint density at radius 1 is 1.04 bits per heavy atom. The Kier molecular flexibility index (Phi) is 8.42. The summed E-state index contributed by atoms with van der Waals surface area (Å²) >= 11 is 12.0. The smallest absolute Gasteiger partial charge is 0.308 e. The third-order valence-electron chi connectivity index (χ3n) is 3.97. The molecule has 6 heteroatoms. The van der Waals surface area contributed by atoms with Gasteiger partial charge >= 0.3 is 5.97 Å². The molecule has 0 aromatic heterocycles. The van der Waals surface area contributed by atoms with Crippen LogP contribution in [0, 0.1) is 6.92 Å². The van der Waals surface area contributed by atoms with Crippen LogP contribution in [-0.4, -0.2) is 19.2 Å². The monoisotopic (exact) mass is 410 g/mol. The summed E-state index contributed by atoms with van der Waals surface area (Å²) < 4.78 is 16.7. The lowest BCUT2D eigenvalue weighted by Gasteiger charge is -2.18. The lowest BCUT2D eigenvalue weighted by atomic mass is 10.0. The number of carbonyl (C=O) groups is 1. The first-order chi connectivity index (χ1) is 12.9. The van der Waals surface area contributed by atoms with Crippen molar-refractivity contribution in [3.63, 3.8) is 0 Å². The highest BCUT2D eigenvalue weighted by Gasteiger charge is 2.18. The van der Waals surface area contributed by atoms with E-state index in [-0.39, 0.29) is 18.5 Å². The van der Waals surface area contributed by atoms with Crippen molar-refractivity contribution in [2.24, 2.45) is 0 Å². The van der Waals surface area contributed by atoms with Gasteiger partial charge in [0.05, 0.1) is 29.2 Å². The number of carbonyl (C=O) groups excluding carboxylic acids is 1. The molecule has 0 heterocycles. The normalized spacial score (nSPS) is 11.9. The van der Waals surface area contributed by atoms with Crippen LogP contribution in [0.3, 0.4) is 0 Å². The first kappa shape index (κ1) is 21.5. The van der Waals surface area contributed by atoms with Crippen LogP contribution in [0.4, 0.5) is 0 Å². The Morgan fingerprint density at radius 3 is 2.44 bits per heavy atom. The average Bonchev–Trinajstić information content (AvgIpc) is 2.63. The average molecular weight is 411 g/mol. The predicted octanol–water partition coefficient (Wildman–Crippen LogP) is 5.91. The molecule has 1 atom stereocenters.